The summed E-state index contributed by atoms with van der Waals surface area (Å²) in [5.74, 6) is -0.560. The zero-order valence-electron chi connectivity index (χ0n) is 12.9. The summed E-state index contributed by atoms with van der Waals surface area (Å²) < 4.78 is 0. The Morgan fingerprint density at radius 1 is 1.00 bits per heavy atom. The minimum atomic E-state index is -0.560. The maximum absolute atomic E-state index is 11.8. The number of nitrogens with zero attached hydrogens (tertiary/aromatic N) is 2. The van der Waals surface area contributed by atoms with Crippen LogP contribution in [0, 0.1) is 5.41 Å². The van der Waals surface area contributed by atoms with Crippen molar-refractivity contribution in [2.24, 2.45) is 5.41 Å². The highest BCUT2D eigenvalue weighted by molar-refractivity contribution is 5.75. The van der Waals surface area contributed by atoms with E-state index in [1.807, 2.05) is 0 Å². The van der Waals surface area contributed by atoms with Gasteiger partial charge >= 0.3 is 5.97 Å². The lowest BCUT2D eigenvalue weighted by Gasteiger charge is -2.39. The number of hydrogen-bond acceptors (Lipinski definition) is 3. The second kappa shape index (κ2) is 7.41. The van der Waals surface area contributed by atoms with Crippen LogP contribution >= 0.6 is 0 Å². The predicted octanol–water partition coefficient (Wildman–Crippen LogP) is 2.44. The molecule has 4 heteroatoms. The van der Waals surface area contributed by atoms with Crippen LogP contribution in [0.25, 0.3) is 0 Å². The minimum absolute atomic E-state index is 0.469. The van der Waals surface area contributed by atoms with Crippen molar-refractivity contribution in [3.63, 3.8) is 0 Å². The zero-order valence-corrected chi connectivity index (χ0v) is 12.9. The SMILES string of the molecule is CCCN1CCN(CC2(C(=O)O)CCCCCC2)CC1. The van der Waals surface area contributed by atoms with Crippen LogP contribution in [0.4, 0.5) is 0 Å². The molecule has 116 valence electrons. The van der Waals surface area contributed by atoms with Crippen molar-refractivity contribution < 1.29 is 9.90 Å². The molecule has 2 fully saturated rings. The Morgan fingerprint density at radius 2 is 1.55 bits per heavy atom. The fourth-order valence-electron chi connectivity index (χ4n) is 3.76. The summed E-state index contributed by atoms with van der Waals surface area (Å²) in [4.78, 5) is 16.7. The molecule has 1 heterocycles. The summed E-state index contributed by atoms with van der Waals surface area (Å²) in [5, 5.41) is 9.74. The molecule has 0 radical (unpaired) electrons. The molecule has 0 aromatic heterocycles. The molecule has 4 nitrogen and oxygen atoms in total. The molecular weight excluding hydrogens is 252 g/mol. The average molecular weight is 282 g/mol. The number of aliphatic carboxylic acids is 1. The van der Waals surface area contributed by atoms with E-state index in [1.165, 1.54) is 25.8 Å². The molecule has 0 aromatic carbocycles. The molecule has 0 aromatic rings. The molecule has 0 atom stereocenters. The first kappa shape index (κ1) is 15.8. The van der Waals surface area contributed by atoms with E-state index in [0.29, 0.717) is 0 Å². The smallest absolute Gasteiger partial charge is 0.310 e. The topological polar surface area (TPSA) is 43.8 Å². The van der Waals surface area contributed by atoms with Crippen molar-refractivity contribution in [1.29, 1.82) is 0 Å². The first-order chi connectivity index (χ1) is 9.66. The van der Waals surface area contributed by atoms with Gasteiger partial charge in [-0.2, -0.15) is 0 Å². The first-order valence-corrected chi connectivity index (χ1v) is 8.34. The maximum Gasteiger partial charge on any atom is 0.310 e. The van der Waals surface area contributed by atoms with Gasteiger partial charge in [0.05, 0.1) is 5.41 Å². The Labute approximate surface area is 123 Å². The number of carbonyl (C=O) groups is 1. The van der Waals surface area contributed by atoms with Crippen LogP contribution in [0.2, 0.25) is 0 Å². The van der Waals surface area contributed by atoms with E-state index in [0.717, 1.165) is 58.4 Å². The molecule has 0 unspecified atom stereocenters. The number of rotatable bonds is 5. The van der Waals surface area contributed by atoms with Gasteiger partial charge in [-0.3, -0.25) is 9.69 Å². The third kappa shape index (κ3) is 3.95. The average Bonchev–Trinajstić information content (AvgIpc) is 2.68. The zero-order chi connectivity index (χ0) is 14.4. The second-order valence-corrected chi connectivity index (χ2v) is 6.62. The van der Waals surface area contributed by atoms with Gasteiger partial charge in [0.1, 0.15) is 0 Å². The molecule has 2 rings (SSSR count). The number of carboxylic acids is 1. The van der Waals surface area contributed by atoms with Gasteiger partial charge in [0.15, 0.2) is 0 Å². The highest BCUT2D eigenvalue weighted by atomic mass is 16.4. The molecule has 0 spiro atoms. The van der Waals surface area contributed by atoms with Gasteiger partial charge in [0, 0.05) is 32.7 Å². The van der Waals surface area contributed by atoms with Gasteiger partial charge in [-0.15, -0.1) is 0 Å². The summed E-state index contributed by atoms with van der Waals surface area (Å²) in [6.07, 6.45) is 7.54. The van der Waals surface area contributed by atoms with Crippen molar-refractivity contribution in [3.8, 4) is 0 Å². The Morgan fingerprint density at radius 3 is 2.05 bits per heavy atom. The van der Waals surface area contributed by atoms with Crippen LogP contribution in [0.5, 0.6) is 0 Å². The second-order valence-electron chi connectivity index (χ2n) is 6.62. The monoisotopic (exact) mass is 282 g/mol. The fraction of sp³-hybridized carbons (Fsp3) is 0.938. The molecule has 1 saturated carbocycles. The van der Waals surface area contributed by atoms with Crippen LogP contribution in [0.3, 0.4) is 0 Å². The molecule has 1 N–H and O–H groups in total. The summed E-state index contributed by atoms with van der Waals surface area (Å²) >= 11 is 0. The third-order valence-corrected chi connectivity index (χ3v) is 5.05. The van der Waals surface area contributed by atoms with Crippen LogP contribution in [-0.4, -0.2) is 60.1 Å². The Bertz CT molecular complexity index is 304. The summed E-state index contributed by atoms with van der Waals surface area (Å²) in [5.41, 5.74) is -0.469. The van der Waals surface area contributed by atoms with E-state index in [-0.39, 0.29) is 0 Å². The fourth-order valence-corrected chi connectivity index (χ4v) is 3.76. The summed E-state index contributed by atoms with van der Waals surface area (Å²) in [6, 6.07) is 0. The quantitative estimate of drug-likeness (QED) is 0.787. The van der Waals surface area contributed by atoms with Gasteiger partial charge in [0.2, 0.25) is 0 Å². The van der Waals surface area contributed by atoms with Crippen molar-refractivity contribution in [2.45, 2.75) is 51.9 Å². The van der Waals surface area contributed by atoms with E-state index in [9.17, 15) is 9.90 Å². The van der Waals surface area contributed by atoms with Crippen molar-refractivity contribution in [1.82, 2.24) is 9.80 Å². The standard InChI is InChI=1S/C16H30N2O2/c1-2-9-17-10-12-18(13-11-17)14-16(15(19)20)7-5-3-4-6-8-16/h2-14H2,1H3,(H,19,20). The van der Waals surface area contributed by atoms with Gasteiger partial charge in [-0.1, -0.05) is 32.6 Å². The van der Waals surface area contributed by atoms with E-state index < -0.39 is 11.4 Å². The molecule has 1 aliphatic heterocycles. The highest BCUT2D eigenvalue weighted by Gasteiger charge is 2.40. The van der Waals surface area contributed by atoms with E-state index in [1.54, 1.807) is 0 Å². The highest BCUT2D eigenvalue weighted by Crippen LogP contribution is 2.36. The van der Waals surface area contributed by atoms with Crippen LogP contribution in [0.1, 0.15) is 51.9 Å². The molecule has 0 amide bonds. The Kier molecular flexibility index (Phi) is 5.85. The van der Waals surface area contributed by atoms with Crippen LogP contribution < -0.4 is 0 Å². The molecule has 0 bridgehead atoms. The summed E-state index contributed by atoms with van der Waals surface area (Å²) in [7, 11) is 0. The number of carboxylic acid groups (broad SMARTS) is 1. The molecule has 1 saturated heterocycles. The lowest BCUT2D eigenvalue weighted by molar-refractivity contribution is -0.151. The third-order valence-electron chi connectivity index (χ3n) is 5.05. The van der Waals surface area contributed by atoms with Crippen LogP contribution in [-0.2, 0) is 4.79 Å². The molecule has 1 aliphatic carbocycles. The van der Waals surface area contributed by atoms with Gasteiger partial charge in [-0.25, -0.2) is 0 Å². The van der Waals surface area contributed by atoms with Gasteiger partial charge in [0.25, 0.3) is 0 Å². The van der Waals surface area contributed by atoms with Gasteiger partial charge < -0.3 is 10.0 Å². The molecule has 2 aliphatic rings. The first-order valence-electron chi connectivity index (χ1n) is 8.34. The Hall–Kier alpha value is -0.610. The lowest BCUT2D eigenvalue weighted by Crippen LogP contribution is -2.51. The van der Waals surface area contributed by atoms with Gasteiger partial charge in [-0.05, 0) is 25.8 Å². The van der Waals surface area contributed by atoms with E-state index in [4.69, 9.17) is 0 Å². The molecule has 20 heavy (non-hydrogen) atoms. The molecular formula is C16H30N2O2. The lowest BCUT2D eigenvalue weighted by atomic mass is 9.79. The normalized spacial score (nSPS) is 25.2. The maximum atomic E-state index is 11.8. The summed E-state index contributed by atoms with van der Waals surface area (Å²) in [6.45, 7) is 8.44. The largest absolute Gasteiger partial charge is 0.481 e. The van der Waals surface area contributed by atoms with E-state index in [2.05, 4.69) is 16.7 Å². The van der Waals surface area contributed by atoms with Crippen LogP contribution in [0.15, 0.2) is 0 Å². The van der Waals surface area contributed by atoms with Crippen molar-refractivity contribution >= 4 is 5.97 Å². The van der Waals surface area contributed by atoms with Crippen molar-refractivity contribution in [3.05, 3.63) is 0 Å². The minimum Gasteiger partial charge on any atom is -0.481 e. The Balaban J connectivity index is 1.90. The van der Waals surface area contributed by atoms with E-state index >= 15 is 0 Å². The number of hydrogen-bond donors (Lipinski definition) is 1. The predicted molar refractivity (Wildman–Crippen MR) is 80.9 cm³/mol. The number of piperazine rings is 1. The van der Waals surface area contributed by atoms with Crippen molar-refractivity contribution in [2.75, 3.05) is 39.3 Å².